The second-order valence-electron chi connectivity index (χ2n) is 17.3. The molecule has 59 heavy (non-hydrogen) atoms. The fourth-order valence-corrected chi connectivity index (χ4v) is 10.3. The van der Waals surface area contributed by atoms with Crippen LogP contribution in [0.4, 0.5) is 4.39 Å². The SMILES string of the molecule is COc1ccc2c(O[C@@H]3C[C@H]4C(=O)C[C@]5(C(=O)NS(=O)(=O)C6(C)CC6)C[C@H]5/C=C\CCCCC[C@H](Cc5cc(C)cc(F)c5)C(=O)N4C3)cc(-c3ccccc3)nc2c1. The number of Topliss-reactive ketones (excluding diaryl/α,β-unsaturated/α-hetero) is 1. The lowest BCUT2D eigenvalue weighted by molar-refractivity contribution is -0.142. The quantitative estimate of drug-likeness (QED) is 0.168. The lowest BCUT2D eigenvalue weighted by Gasteiger charge is -2.29. The van der Waals surface area contributed by atoms with Gasteiger partial charge in [0, 0.05) is 41.8 Å². The van der Waals surface area contributed by atoms with Gasteiger partial charge in [0.05, 0.1) is 41.1 Å². The predicted octanol–water partition coefficient (Wildman–Crippen LogP) is 8.05. The molecule has 4 aromatic rings. The summed E-state index contributed by atoms with van der Waals surface area (Å²) in [7, 11) is -2.36. The average Bonchev–Trinajstić information content (AvgIpc) is 4.09. The molecule has 3 fully saturated rings. The molecule has 5 atom stereocenters. The number of hydrogen-bond acceptors (Lipinski definition) is 8. The van der Waals surface area contributed by atoms with Gasteiger partial charge in [0.15, 0.2) is 5.78 Å². The van der Waals surface area contributed by atoms with E-state index in [4.69, 9.17) is 14.5 Å². The third kappa shape index (κ3) is 8.51. The number of ketones is 1. The van der Waals surface area contributed by atoms with Crippen molar-refractivity contribution in [3.63, 3.8) is 0 Å². The molecule has 0 unspecified atom stereocenters. The summed E-state index contributed by atoms with van der Waals surface area (Å²) in [5.74, 6) is -1.21. The number of methoxy groups -OCH3 is 1. The highest BCUT2D eigenvalue weighted by Crippen LogP contribution is 2.57. The van der Waals surface area contributed by atoms with Crippen LogP contribution >= 0.6 is 0 Å². The van der Waals surface area contributed by atoms with Crippen molar-refractivity contribution in [2.75, 3.05) is 13.7 Å². The maximum Gasteiger partial charge on any atom is 0.240 e. The van der Waals surface area contributed by atoms with E-state index >= 15 is 0 Å². The first-order valence-electron chi connectivity index (χ1n) is 20.8. The van der Waals surface area contributed by atoms with E-state index in [2.05, 4.69) is 4.72 Å². The molecule has 1 aromatic heterocycles. The molecule has 2 aliphatic heterocycles. The number of aryl methyl sites for hydroxylation is 1. The molecule has 0 radical (unpaired) electrons. The summed E-state index contributed by atoms with van der Waals surface area (Å²) in [5, 5.41) is 0.737. The van der Waals surface area contributed by atoms with E-state index in [9.17, 15) is 27.2 Å². The first kappa shape index (κ1) is 40.7. The van der Waals surface area contributed by atoms with E-state index in [1.165, 1.54) is 12.1 Å². The minimum Gasteiger partial charge on any atom is -0.497 e. The molecular formula is C47H52FN3O7S. The van der Waals surface area contributed by atoms with Crippen molar-refractivity contribution in [2.24, 2.45) is 17.3 Å². The summed E-state index contributed by atoms with van der Waals surface area (Å²) in [6.45, 7) is 3.57. The van der Waals surface area contributed by atoms with Crippen LogP contribution < -0.4 is 14.2 Å². The number of sulfonamides is 1. The molecule has 310 valence electrons. The zero-order valence-corrected chi connectivity index (χ0v) is 34.7. The van der Waals surface area contributed by atoms with Gasteiger partial charge < -0.3 is 14.4 Å². The monoisotopic (exact) mass is 821 g/mol. The number of amides is 2. The second-order valence-corrected chi connectivity index (χ2v) is 19.5. The van der Waals surface area contributed by atoms with Gasteiger partial charge in [0.1, 0.15) is 23.4 Å². The number of benzene rings is 3. The summed E-state index contributed by atoms with van der Waals surface area (Å²) < 4.78 is 54.9. The van der Waals surface area contributed by atoms with Crippen LogP contribution in [-0.4, -0.2) is 66.4 Å². The van der Waals surface area contributed by atoms with Gasteiger partial charge in [0.2, 0.25) is 21.8 Å². The van der Waals surface area contributed by atoms with Gasteiger partial charge in [-0.15, -0.1) is 0 Å². The van der Waals surface area contributed by atoms with E-state index in [0.29, 0.717) is 60.4 Å². The Morgan fingerprint density at radius 2 is 1.81 bits per heavy atom. The van der Waals surface area contributed by atoms with Crippen molar-refractivity contribution in [3.05, 3.63) is 102 Å². The molecule has 0 bridgehead atoms. The predicted molar refractivity (Wildman–Crippen MR) is 224 cm³/mol. The van der Waals surface area contributed by atoms with Crippen LogP contribution in [0.3, 0.4) is 0 Å². The van der Waals surface area contributed by atoms with Crippen molar-refractivity contribution in [3.8, 4) is 22.8 Å². The van der Waals surface area contributed by atoms with Gasteiger partial charge in [-0.3, -0.25) is 19.1 Å². The number of carbonyl (C=O) groups excluding carboxylic acids is 3. The summed E-state index contributed by atoms with van der Waals surface area (Å²) in [4.78, 5) is 50.3. The van der Waals surface area contributed by atoms with Gasteiger partial charge in [0.25, 0.3) is 0 Å². The number of halogens is 1. The molecule has 2 saturated carbocycles. The number of nitrogens with zero attached hydrogens (tertiary/aromatic N) is 2. The van der Waals surface area contributed by atoms with Gasteiger partial charge in [-0.25, -0.2) is 17.8 Å². The van der Waals surface area contributed by atoms with Crippen LogP contribution in [0, 0.1) is 30.0 Å². The average molecular weight is 822 g/mol. The Morgan fingerprint density at radius 3 is 2.56 bits per heavy atom. The molecule has 8 rings (SSSR count). The van der Waals surface area contributed by atoms with Crippen LogP contribution in [0.1, 0.15) is 82.3 Å². The molecule has 3 aromatic carbocycles. The van der Waals surface area contributed by atoms with Crippen molar-refractivity contribution < 1.29 is 36.7 Å². The zero-order chi connectivity index (χ0) is 41.5. The fraction of sp³-hybridized carbons (Fsp3) is 0.447. The van der Waals surface area contributed by atoms with Crippen molar-refractivity contribution in [2.45, 2.75) is 101 Å². The fourth-order valence-electron chi connectivity index (χ4n) is 8.97. The highest BCUT2D eigenvalue weighted by molar-refractivity contribution is 7.91. The maximum absolute atomic E-state index is 14.9. The zero-order valence-electron chi connectivity index (χ0n) is 33.9. The molecule has 10 nitrogen and oxygen atoms in total. The number of aromatic nitrogens is 1. The Bertz CT molecular complexity index is 2400. The van der Waals surface area contributed by atoms with Gasteiger partial charge >= 0.3 is 0 Å². The minimum absolute atomic E-state index is 0.115. The number of ether oxygens (including phenoxy) is 2. The van der Waals surface area contributed by atoms with Crippen molar-refractivity contribution in [1.82, 2.24) is 14.6 Å². The number of nitrogens with one attached hydrogen (secondary N) is 1. The molecule has 1 saturated heterocycles. The third-order valence-electron chi connectivity index (χ3n) is 12.9. The smallest absolute Gasteiger partial charge is 0.240 e. The third-order valence-corrected chi connectivity index (χ3v) is 15.1. The van der Waals surface area contributed by atoms with E-state index in [-0.39, 0.29) is 42.8 Å². The van der Waals surface area contributed by atoms with Crippen molar-refractivity contribution in [1.29, 1.82) is 0 Å². The summed E-state index contributed by atoms with van der Waals surface area (Å²) in [6, 6.07) is 21.1. The number of carbonyl (C=O) groups is 3. The lowest BCUT2D eigenvalue weighted by Crippen LogP contribution is -2.47. The van der Waals surface area contributed by atoms with Crippen molar-refractivity contribution >= 4 is 38.5 Å². The standard InChI is InChI=1S/C47H52FN3O7S/c1-30-20-31(23-35(48)21-30)22-33-14-8-5-4-6-11-15-34-27-47(34,45(54)50-59(55,56)46(2)18-19-46)28-42(52)41-25-37(29-51(41)44(33)53)58-43-26-39(32-12-9-7-10-13-32)49-40-24-36(57-3)16-17-38(40)43/h7,9-13,15-17,20-21,23-24,26,33-34,37,41H,4-6,8,14,18-19,22,25,27-29H2,1-3H3,(H,50,54)/b15-11-/t33-,34-,37-,41+,47-/m1/s1. The topological polar surface area (TPSA) is 132 Å². The Labute approximate surface area is 345 Å². The largest absolute Gasteiger partial charge is 0.497 e. The Morgan fingerprint density at radius 1 is 1.02 bits per heavy atom. The minimum atomic E-state index is -3.95. The Balaban J connectivity index is 1.15. The Hall–Kier alpha value is -5.10. The van der Waals surface area contributed by atoms with E-state index in [1.54, 1.807) is 18.9 Å². The van der Waals surface area contributed by atoms with Crippen LogP contribution in [-0.2, 0) is 30.8 Å². The van der Waals surface area contributed by atoms with E-state index < -0.39 is 44.2 Å². The molecule has 0 spiro atoms. The van der Waals surface area contributed by atoms with Crippen LogP contribution in [0.2, 0.25) is 0 Å². The number of rotatable bonds is 9. The van der Waals surface area contributed by atoms with Crippen LogP contribution in [0.5, 0.6) is 11.5 Å². The molecule has 12 heteroatoms. The molecule has 2 amide bonds. The number of pyridine rings is 1. The van der Waals surface area contributed by atoms with Gasteiger partial charge in [-0.1, -0.05) is 61.4 Å². The summed E-state index contributed by atoms with van der Waals surface area (Å²) in [5.41, 5.74) is 2.45. The molecule has 1 N–H and O–H groups in total. The highest BCUT2D eigenvalue weighted by Gasteiger charge is 2.62. The molecule has 4 aliphatic rings. The first-order valence-corrected chi connectivity index (χ1v) is 22.3. The van der Waals surface area contributed by atoms with E-state index in [0.717, 1.165) is 42.2 Å². The van der Waals surface area contributed by atoms with E-state index in [1.807, 2.05) is 79.7 Å². The Kier molecular flexibility index (Phi) is 11.1. The normalized spacial score (nSPS) is 26.2. The van der Waals surface area contributed by atoms with Crippen LogP contribution in [0.25, 0.3) is 22.2 Å². The highest BCUT2D eigenvalue weighted by atomic mass is 32.2. The molecular weight excluding hydrogens is 770 g/mol. The molecule has 2 aliphatic carbocycles. The summed E-state index contributed by atoms with van der Waals surface area (Å²) in [6.07, 6.45) is 8.75. The van der Waals surface area contributed by atoms with Crippen LogP contribution in [0.15, 0.2) is 84.9 Å². The second kappa shape index (κ2) is 16.2. The maximum atomic E-state index is 14.9. The number of allylic oxidation sites excluding steroid dienone is 2. The first-order chi connectivity index (χ1) is 28.3. The van der Waals surface area contributed by atoms with Gasteiger partial charge in [-0.2, -0.15) is 0 Å². The number of hydrogen-bond donors (Lipinski definition) is 1. The number of fused-ring (bicyclic) bond motifs is 3. The molecule has 3 heterocycles. The summed E-state index contributed by atoms with van der Waals surface area (Å²) >= 11 is 0. The van der Waals surface area contributed by atoms with Gasteiger partial charge in [-0.05, 0) is 100 Å². The lowest BCUT2D eigenvalue weighted by atomic mass is 9.89.